The van der Waals surface area contributed by atoms with Gasteiger partial charge in [0.1, 0.15) is 11.0 Å². The molecule has 0 amide bonds. The molecular weight excluding hydrogens is 310 g/mol. The molecule has 1 aliphatic heterocycles. The summed E-state index contributed by atoms with van der Waals surface area (Å²) in [6, 6.07) is 7.03. The molecule has 19 heavy (non-hydrogen) atoms. The molecule has 2 heterocycles. The standard InChI is InChI=1S/C9H4ClN5O2S2/c10-8-7(18-19-13-8)9(15(16)17)14-11-5-3-1-2-4-6(5)12-14/h1-4H/b9-7-. The number of hydrogen-bond acceptors (Lipinski definition) is 7. The molecule has 96 valence electrons. The number of benzene rings is 1. The van der Waals surface area contributed by atoms with Crippen LogP contribution in [0.3, 0.4) is 0 Å². The van der Waals surface area contributed by atoms with E-state index in [1.807, 2.05) is 0 Å². The van der Waals surface area contributed by atoms with E-state index in [4.69, 9.17) is 11.6 Å². The number of allylic oxidation sites excluding steroid dienone is 1. The Bertz CT molecular complexity index is 708. The molecule has 0 spiro atoms. The smallest absolute Gasteiger partial charge is 0.358 e. The summed E-state index contributed by atoms with van der Waals surface area (Å²) < 4.78 is 3.83. The number of rotatable bonds is 2. The van der Waals surface area contributed by atoms with Crippen molar-refractivity contribution in [3.63, 3.8) is 0 Å². The maximum atomic E-state index is 11.2. The predicted molar refractivity (Wildman–Crippen MR) is 76.2 cm³/mol. The molecule has 0 saturated carbocycles. The van der Waals surface area contributed by atoms with Gasteiger partial charge in [-0.3, -0.25) is 0 Å². The Hall–Kier alpha value is -1.58. The van der Waals surface area contributed by atoms with Crippen LogP contribution in [0.15, 0.2) is 33.6 Å². The minimum Gasteiger partial charge on any atom is -0.358 e. The summed E-state index contributed by atoms with van der Waals surface area (Å²) in [4.78, 5) is 11.9. The number of aromatic nitrogens is 3. The second-order valence-corrected chi connectivity index (χ2v) is 5.64. The average molecular weight is 314 g/mol. The second kappa shape index (κ2) is 4.83. The Morgan fingerprint density at radius 2 is 1.95 bits per heavy atom. The molecule has 0 fully saturated rings. The summed E-state index contributed by atoms with van der Waals surface area (Å²) in [5, 5.41) is 19.5. The Labute approximate surface area is 119 Å². The van der Waals surface area contributed by atoms with E-state index in [9.17, 15) is 10.1 Å². The lowest BCUT2D eigenvalue weighted by Crippen LogP contribution is -2.13. The maximum absolute atomic E-state index is 11.2. The van der Waals surface area contributed by atoms with E-state index >= 15 is 0 Å². The zero-order valence-corrected chi connectivity index (χ0v) is 11.4. The number of halogens is 1. The Balaban J connectivity index is 2.21. The quantitative estimate of drug-likeness (QED) is 0.367. The molecule has 1 aromatic carbocycles. The molecule has 1 aliphatic rings. The van der Waals surface area contributed by atoms with Crippen molar-refractivity contribution < 1.29 is 4.92 Å². The molecule has 2 aromatic rings. The fraction of sp³-hybridized carbons (Fsp3) is 0. The minimum absolute atomic E-state index is 0.0862. The van der Waals surface area contributed by atoms with E-state index in [0.717, 1.165) is 26.6 Å². The van der Waals surface area contributed by atoms with Crippen LogP contribution in [0.4, 0.5) is 0 Å². The normalized spacial score (nSPS) is 17.6. The molecule has 0 unspecified atom stereocenters. The lowest BCUT2D eigenvalue weighted by molar-refractivity contribution is -0.385. The molecule has 10 heteroatoms. The topological polar surface area (TPSA) is 86.2 Å². The third kappa shape index (κ3) is 2.20. The molecule has 3 rings (SSSR count). The summed E-state index contributed by atoms with van der Waals surface area (Å²) in [6.07, 6.45) is 0. The molecule has 0 atom stereocenters. The van der Waals surface area contributed by atoms with Crippen LogP contribution in [0.5, 0.6) is 0 Å². The van der Waals surface area contributed by atoms with Crippen LogP contribution >= 0.6 is 33.4 Å². The largest absolute Gasteiger partial charge is 0.387 e. The molecule has 0 N–H and O–H groups in total. The molecule has 0 bridgehead atoms. The van der Waals surface area contributed by atoms with Crippen LogP contribution in [0.2, 0.25) is 0 Å². The number of nitrogens with zero attached hydrogens (tertiary/aromatic N) is 5. The van der Waals surface area contributed by atoms with Crippen molar-refractivity contribution in [3.05, 3.63) is 39.3 Å². The highest BCUT2D eigenvalue weighted by Gasteiger charge is 2.30. The van der Waals surface area contributed by atoms with Crippen molar-refractivity contribution in [3.8, 4) is 0 Å². The van der Waals surface area contributed by atoms with Gasteiger partial charge in [-0.1, -0.05) is 33.9 Å². The van der Waals surface area contributed by atoms with Crippen molar-refractivity contribution in [2.24, 2.45) is 4.40 Å². The maximum Gasteiger partial charge on any atom is 0.387 e. The summed E-state index contributed by atoms with van der Waals surface area (Å²) in [5.41, 5.74) is 1.15. The molecule has 1 aromatic heterocycles. The zero-order chi connectivity index (χ0) is 13.4. The zero-order valence-electron chi connectivity index (χ0n) is 9.06. The summed E-state index contributed by atoms with van der Waals surface area (Å²) in [5.74, 6) is -0.292. The molecule has 0 saturated heterocycles. The fourth-order valence-electron chi connectivity index (χ4n) is 1.50. The number of fused-ring (bicyclic) bond motifs is 1. The first-order valence-corrected chi connectivity index (χ1v) is 7.44. The van der Waals surface area contributed by atoms with Crippen LogP contribution in [0.1, 0.15) is 0 Å². The summed E-state index contributed by atoms with van der Waals surface area (Å²) in [6.45, 7) is 0. The Morgan fingerprint density at radius 1 is 1.32 bits per heavy atom. The van der Waals surface area contributed by atoms with Gasteiger partial charge in [-0.2, -0.15) is 4.40 Å². The van der Waals surface area contributed by atoms with Crippen molar-refractivity contribution in [1.82, 2.24) is 15.0 Å². The van der Waals surface area contributed by atoms with E-state index in [2.05, 4.69) is 14.6 Å². The van der Waals surface area contributed by atoms with Crippen molar-refractivity contribution in [2.45, 2.75) is 0 Å². The van der Waals surface area contributed by atoms with Crippen LogP contribution in [-0.2, 0) is 0 Å². The van der Waals surface area contributed by atoms with E-state index in [0.29, 0.717) is 11.0 Å². The van der Waals surface area contributed by atoms with Gasteiger partial charge in [0.05, 0.1) is 11.0 Å². The van der Waals surface area contributed by atoms with Gasteiger partial charge in [-0.05, 0) is 27.8 Å². The van der Waals surface area contributed by atoms with Gasteiger partial charge in [-0.15, -0.1) is 0 Å². The van der Waals surface area contributed by atoms with Gasteiger partial charge in [0.25, 0.3) is 0 Å². The lowest BCUT2D eigenvalue weighted by atomic mass is 10.3. The first kappa shape index (κ1) is 12.5. The Kier molecular flexibility index (Phi) is 3.17. The highest BCUT2D eigenvalue weighted by Crippen LogP contribution is 2.43. The minimum atomic E-state index is -0.564. The van der Waals surface area contributed by atoms with Gasteiger partial charge < -0.3 is 10.1 Å². The number of nitro groups is 1. The van der Waals surface area contributed by atoms with Gasteiger partial charge >= 0.3 is 5.82 Å². The molecule has 0 aliphatic carbocycles. The third-order valence-corrected chi connectivity index (χ3v) is 4.58. The van der Waals surface area contributed by atoms with Gasteiger partial charge in [0.2, 0.25) is 0 Å². The van der Waals surface area contributed by atoms with E-state index < -0.39 is 4.92 Å². The van der Waals surface area contributed by atoms with E-state index in [1.165, 1.54) is 0 Å². The second-order valence-electron chi connectivity index (χ2n) is 3.43. The first-order valence-electron chi connectivity index (χ1n) is 4.95. The van der Waals surface area contributed by atoms with Crippen molar-refractivity contribution >= 4 is 55.4 Å². The third-order valence-electron chi connectivity index (χ3n) is 2.28. The summed E-state index contributed by atoms with van der Waals surface area (Å²) >= 11 is 5.84. The molecular formula is C9H4ClN5O2S2. The molecule has 0 radical (unpaired) electrons. The predicted octanol–water partition coefficient (Wildman–Crippen LogP) is 2.78. The average Bonchev–Trinajstić information content (AvgIpc) is 2.96. The van der Waals surface area contributed by atoms with Crippen LogP contribution in [0.25, 0.3) is 16.9 Å². The van der Waals surface area contributed by atoms with Crippen LogP contribution in [-0.4, -0.2) is 25.1 Å². The monoisotopic (exact) mass is 313 g/mol. The Morgan fingerprint density at radius 3 is 2.42 bits per heavy atom. The van der Waals surface area contributed by atoms with Gasteiger partial charge in [-0.25, -0.2) is 0 Å². The van der Waals surface area contributed by atoms with E-state index in [-0.39, 0.29) is 15.9 Å². The number of hydrogen-bond donors (Lipinski definition) is 0. The van der Waals surface area contributed by atoms with Crippen molar-refractivity contribution in [1.29, 1.82) is 0 Å². The molecule has 7 nitrogen and oxygen atoms in total. The fourth-order valence-corrected chi connectivity index (χ4v) is 3.75. The van der Waals surface area contributed by atoms with Crippen molar-refractivity contribution in [2.75, 3.05) is 0 Å². The SMILES string of the molecule is O=[N+]([O-])/C(=C1\SSN=C1Cl)n1nc2ccccc2n1. The van der Waals surface area contributed by atoms with Gasteiger partial charge in [0, 0.05) is 4.80 Å². The summed E-state index contributed by atoms with van der Waals surface area (Å²) in [7, 11) is 2.19. The lowest BCUT2D eigenvalue weighted by Gasteiger charge is -1.99. The first-order chi connectivity index (χ1) is 9.16. The van der Waals surface area contributed by atoms with Gasteiger partial charge in [0.15, 0.2) is 10.1 Å². The van der Waals surface area contributed by atoms with E-state index in [1.54, 1.807) is 24.3 Å². The van der Waals surface area contributed by atoms with Crippen LogP contribution < -0.4 is 0 Å². The highest BCUT2D eigenvalue weighted by atomic mass is 35.5. The highest BCUT2D eigenvalue weighted by molar-refractivity contribution is 8.78. The van der Waals surface area contributed by atoms with Crippen LogP contribution in [0, 0.1) is 10.1 Å².